The van der Waals surface area contributed by atoms with Gasteiger partial charge in [-0.05, 0) is 30.3 Å². The number of pyridine rings is 1. The lowest BCUT2D eigenvalue weighted by Crippen LogP contribution is -2.40. The highest BCUT2D eigenvalue weighted by Crippen LogP contribution is 2.21. The molecule has 7 nitrogen and oxygen atoms in total. The number of carbonyl (C=O) groups excluding carboxylic acids is 3. The molecule has 2 aromatic carbocycles. The van der Waals surface area contributed by atoms with Crippen molar-refractivity contribution in [2.45, 2.75) is 0 Å². The van der Waals surface area contributed by atoms with Crippen molar-refractivity contribution < 1.29 is 14.4 Å². The molecule has 148 valence electrons. The SMILES string of the molecule is O=C(CNC(=O)c1ccc(Cl)cc1Cl)NCC(=O)Nc1cccc2cccnc12. The van der Waals surface area contributed by atoms with Crippen LogP contribution in [-0.2, 0) is 9.59 Å². The Morgan fingerprint density at radius 1 is 0.897 bits per heavy atom. The van der Waals surface area contributed by atoms with Crippen LogP contribution in [0.2, 0.25) is 10.0 Å². The maximum absolute atomic E-state index is 12.1. The van der Waals surface area contributed by atoms with Crippen molar-refractivity contribution in [1.82, 2.24) is 15.6 Å². The highest BCUT2D eigenvalue weighted by molar-refractivity contribution is 6.36. The van der Waals surface area contributed by atoms with Gasteiger partial charge in [0.15, 0.2) is 0 Å². The number of fused-ring (bicyclic) bond motifs is 1. The van der Waals surface area contributed by atoms with Gasteiger partial charge in [0.2, 0.25) is 11.8 Å². The minimum absolute atomic E-state index is 0.179. The van der Waals surface area contributed by atoms with E-state index in [0.717, 1.165) is 5.39 Å². The number of halogens is 2. The van der Waals surface area contributed by atoms with Crippen LogP contribution in [0, 0.1) is 0 Å². The average Bonchev–Trinajstić information content (AvgIpc) is 2.71. The second-order valence-electron chi connectivity index (χ2n) is 6.01. The normalized spacial score (nSPS) is 10.4. The number of benzene rings is 2. The third kappa shape index (κ3) is 5.43. The van der Waals surface area contributed by atoms with Crippen molar-refractivity contribution in [3.05, 3.63) is 70.3 Å². The van der Waals surface area contributed by atoms with Crippen LogP contribution in [0.3, 0.4) is 0 Å². The van der Waals surface area contributed by atoms with Crippen molar-refractivity contribution >= 4 is 57.5 Å². The molecule has 1 aromatic heterocycles. The van der Waals surface area contributed by atoms with E-state index in [0.29, 0.717) is 16.2 Å². The van der Waals surface area contributed by atoms with Crippen molar-refractivity contribution in [2.75, 3.05) is 18.4 Å². The van der Waals surface area contributed by atoms with E-state index in [4.69, 9.17) is 23.2 Å². The van der Waals surface area contributed by atoms with Gasteiger partial charge in [-0.25, -0.2) is 0 Å². The smallest absolute Gasteiger partial charge is 0.253 e. The lowest BCUT2D eigenvalue weighted by atomic mass is 10.2. The molecule has 0 bridgehead atoms. The first-order valence-corrected chi connectivity index (χ1v) is 9.33. The maximum atomic E-state index is 12.1. The Morgan fingerprint density at radius 3 is 2.45 bits per heavy atom. The summed E-state index contributed by atoms with van der Waals surface area (Å²) in [6.45, 7) is -0.555. The number of amides is 3. The highest BCUT2D eigenvalue weighted by atomic mass is 35.5. The largest absolute Gasteiger partial charge is 0.345 e. The Kier molecular flexibility index (Phi) is 6.64. The van der Waals surface area contributed by atoms with E-state index in [2.05, 4.69) is 20.9 Å². The molecule has 0 aliphatic carbocycles. The Morgan fingerprint density at radius 2 is 1.66 bits per heavy atom. The van der Waals surface area contributed by atoms with Crippen molar-refractivity contribution in [3.63, 3.8) is 0 Å². The van der Waals surface area contributed by atoms with E-state index in [1.54, 1.807) is 24.4 Å². The Hall–Kier alpha value is -3.16. The van der Waals surface area contributed by atoms with Gasteiger partial charge in [-0.1, -0.05) is 41.4 Å². The van der Waals surface area contributed by atoms with Crippen molar-refractivity contribution in [1.29, 1.82) is 0 Å². The molecule has 0 unspecified atom stereocenters. The quantitative estimate of drug-likeness (QED) is 0.559. The summed E-state index contributed by atoms with van der Waals surface area (Å²) in [4.78, 5) is 40.4. The van der Waals surface area contributed by atoms with E-state index < -0.39 is 17.7 Å². The molecule has 0 spiro atoms. The molecule has 3 amide bonds. The summed E-state index contributed by atoms with van der Waals surface area (Å²) < 4.78 is 0. The van der Waals surface area contributed by atoms with Gasteiger partial charge in [-0.2, -0.15) is 0 Å². The molecule has 0 saturated heterocycles. The minimum atomic E-state index is -0.520. The van der Waals surface area contributed by atoms with Crippen LogP contribution in [0.1, 0.15) is 10.4 Å². The van der Waals surface area contributed by atoms with Crippen LogP contribution in [0.15, 0.2) is 54.7 Å². The van der Waals surface area contributed by atoms with E-state index in [9.17, 15) is 14.4 Å². The summed E-state index contributed by atoms with van der Waals surface area (Å²) in [5.74, 6) is -1.45. The number of anilines is 1. The molecule has 29 heavy (non-hydrogen) atoms. The Balaban J connectivity index is 1.49. The molecule has 0 aliphatic heterocycles. The zero-order valence-corrected chi connectivity index (χ0v) is 16.6. The van der Waals surface area contributed by atoms with Gasteiger partial charge in [-0.15, -0.1) is 0 Å². The maximum Gasteiger partial charge on any atom is 0.253 e. The van der Waals surface area contributed by atoms with Crippen LogP contribution in [0.25, 0.3) is 10.9 Å². The summed E-state index contributed by atoms with van der Waals surface area (Å²) in [5.41, 5.74) is 1.40. The first kappa shape index (κ1) is 20.6. The fraction of sp³-hybridized carbons (Fsp3) is 0.100. The van der Waals surface area contributed by atoms with Gasteiger partial charge in [0, 0.05) is 16.6 Å². The zero-order chi connectivity index (χ0) is 20.8. The number of hydrogen-bond donors (Lipinski definition) is 3. The number of aromatic nitrogens is 1. The first-order valence-electron chi connectivity index (χ1n) is 8.57. The molecule has 1 heterocycles. The van der Waals surface area contributed by atoms with Crippen LogP contribution < -0.4 is 16.0 Å². The number of nitrogens with zero attached hydrogens (tertiary/aromatic N) is 1. The second kappa shape index (κ2) is 9.36. The predicted molar refractivity (Wildman–Crippen MR) is 112 cm³/mol. The fourth-order valence-electron chi connectivity index (χ4n) is 2.57. The first-order chi connectivity index (χ1) is 13.9. The van der Waals surface area contributed by atoms with Gasteiger partial charge >= 0.3 is 0 Å². The number of carbonyl (C=O) groups is 3. The number of rotatable bonds is 6. The molecule has 0 radical (unpaired) electrons. The summed E-state index contributed by atoms with van der Waals surface area (Å²) >= 11 is 11.7. The summed E-state index contributed by atoms with van der Waals surface area (Å²) in [6.07, 6.45) is 1.63. The number of nitrogens with one attached hydrogen (secondary N) is 3. The molecule has 0 aliphatic rings. The zero-order valence-electron chi connectivity index (χ0n) is 15.0. The summed E-state index contributed by atoms with van der Waals surface area (Å²) in [6, 6.07) is 13.5. The van der Waals surface area contributed by atoms with Gasteiger partial charge in [-0.3, -0.25) is 19.4 Å². The van der Waals surface area contributed by atoms with E-state index in [1.807, 2.05) is 12.1 Å². The molecule has 9 heteroatoms. The molecule has 3 rings (SSSR count). The van der Waals surface area contributed by atoms with Gasteiger partial charge in [0.1, 0.15) is 0 Å². The molecule has 0 saturated carbocycles. The summed E-state index contributed by atoms with van der Waals surface area (Å²) in [7, 11) is 0. The molecule has 3 N–H and O–H groups in total. The third-order valence-corrected chi connectivity index (χ3v) is 4.49. The van der Waals surface area contributed by atoms with Crippen molar-refractivity contribution in [3.8, 4) is 0 Å². The van der Waals surface area contributed by atoms with Crippen LogP contribution in [0.5, 0.6) is 0 Å². The predicted octanol–water partition coefficient (Wildman–Crippen LogP) is 3.03. The second-order valence-corrected chi connectivity index (χ2v) is 6.86. The molecular weight excluding hydrogens is 415 g/mol. The lowest BCUT2D eigenvalue weighted by Gasteiger charge is -2.10. The highest BCUT2D eigenvalue weighted by Gasteiger charge is 2.13. The molecular formula is C20H16Cl2N4O3. The van der Waals surface area contributed by atoms with Gasteiger partial charge in [0.25, 0.3) is 5.91 Å². The van der Waals surface area contributed by atoms with E-state index >= 15 is 0 Å². The van der Waals surface area contributed by atoms with Crippen LogP contribution in [-0.4, -0.2) is 35.8 Å². The van der Waals surface area contributed by atoms with E-state index in [1.165, 1.54) is 18.2 Å². The molecule has 0 fully saturated rings. The van der Waals surface area contributed by atoms with Crippen LogP contribution in [0.4, 0.5) is 5.69 Å². The van der Waals surface area contributed by atoms with Gasteiger partial charge < -0.3 is 16.0 Å². The standard InChI is InChI=1S/C20H16Cl2N4O3/c21-13-6-7-14(15(22)9-13)20(29)25-10-17(27)24-11-18(28)26-16-5-1-3-12-4-2-8-23-19(12)16/h1-9H,10-11H2,(H,24,27)(H,25,29)(H,26,28). The number of para-hydroxylation sites is 1. The lowest BCUT2D eigenvalue weighted by molar-refractivity contribution is -0.123. The fourth-order valence-corrected chi connectivity index (χ4v) is 3.06. The Labute approximate surface area is 176 Å². The molecule has 0 atom stereocenters. The van der Waals surface area contributed by atoms with Crippen molar-refractivity contribution in [2.24, 2.45) is 0 Å². The number of hydrogen-bond acceptors (Lipinski definition) is 4. The van der Waals surface area contributed by atoms with Gasteiger partial charge in [0.05, 0.1) is 34.9 Å². The van der Waals surface area contributed by atoms with E-state index in [-0.39, 0.29) is 23.7 Å². The average molecular weight is 431 g/mol. The third-order valence-electron chi connectivity index (χ3n) is 3.94. The minimum Gasteiger partial charge on any atom is -0.345 e. The Bertz CT molecular complexity index is 1080. The van der Waals surface area contributed by atoms with Crippen LogP contribution >= 0.6 is 23.2 Å². The summed E-state index contributed by atoms with van der Waals surface area (Å²) in [5, 5.41) is 9.05. The molecule has 3 aromatic rings. The monoisotopic (exact) mass is 430 g/mol. The topological polar surface area (TPSA) is 100 Å².